The number of carboxylic acids is 1. The highest BCUT2D eigenvalue weighted by molar-refractivity contribution is 5.66. The van der Waals surface area contributed by atoms with Gasteiger partial charge in [0.05, 0.1) is 18.3 Å². The molecule has 0 spiro atoms. The maximum absolute atomic E-state index is 10.4. The molecule has 0 saturated heterocycles. The SMILES string of the molecule is CCC=CCC(O)C(O)C=CC=CC=CC=CC(O)CCCCCC(=O)O. The summed E-state index contributed by atoms with van der Waals surface area (Å²) in [5.41, 5.74) is 0. The Bertz CT molecular complexity index is 517. The molecular weight excluding hydrogens is 344 g/mol. The minimum Gasteiger partial charge on any atom is -0.481 e. The molecule has 0 fully saturated rings. The molecule has 0 aliphatic heterocycles. The summed E-state index contributed by atoms with van der Waals surface area (Å²) in [6, 6.07) is 0. The third-order valence-electron chi connectivity index (χ3n) is 3.76. The van der Waals surface area contributed by atoms with Gasteiger partial charge in [0.15, 0.2) is 0 Å². The van der Waals surface area contributed by atoms with Crippen molar-refractivity contribution in [3.63, 3.8) is 0 Å². The largest absolute Gasteiger partial charge is 0.481 e. The molecule has 27 heavy (non-hydrogen) atoms. The smallest absolute Gasteiger partial charge is 0.303 e. The van der Waals surface area contributed by atoms with Crippen molar-refractivity contribution in [2.75, 3.05) is 0 Å². The van der Waals surface area contributed by atoms with E-state index in [2.05, 4.69) is 0 Å². The number of aliphatic carboxylic acids is 1. The zero-order valence-electron chi connectivity index (χ0n) is 16.2. The van der Waals surface area contributed by atoms with Crippen LogP contribution in [0.1, 0.15) is 51.9 Å². The Hall–Kier alpha value is -1.95. The second-order valence-electron chi connectivity index (χ2n) is 6.27. The summed E-state index contributed by atoms with van der Waals surface area (Å²) < 4.78 is 0. The highest BCUT2D eigenvalue weighted by atomic mass is 16.4. The first-order valence-corrected chi connectivity index (χ1v) is 9.56. The van der Waals surface area contributed by atoms with E-state index in [1.54, 1.807) is 48.6 Å². The van der Waals surface area contributed by atoms with Crippen molar-refractivity contribution >= 4 is 5.97 Å². The standard InChI is InChI=1S/C22H34O5/c1-2-3-9-16-20(24)21(25)17-12-7-5-4-6-10-14-19(23)15-11-8-13-18-22(26)27/h3-7,9-10,12,14,17,19-21,23-25H,2,8,11,13,15-16,18H2,1H3,(H,26,27). The molecule has 4 N–H and O–H groups in total. The molecule has 0 heterocycles. The fourth-order valence-electron chi connectivity index (χ4n) is 2.20. The molecular formula is C22H34O5. The summed E-state index contributed by atoms with van der Waals surface area (Å²) in [5, 5.41) is 37.8. The molecule has 5 heteroatoms. The minimum atomic E-state index is -0.898. The number of unbranched alkanes of at least 4 members (excludes halogenated alkanes) is 2. The van der Waals surface area contributed by atoms with Crippen LogP contribution in [0.3, 0.4) is 0 Å². The lowest BCUT2D eigenvalue weighted by molar-refractivity contribution is -0.137. The number of carbonyl (C=O) groups is 1. The van der Waals surface area contributed by atoms with E-state index in [1.807, 2.05) is 19.1 Å². The van der Waals surface area contributed by atoms with Gasteiger partial charge in [0.25, 0.3) is 0 Å². The highest BCUT2D eigenvalue weighted by Gasteiger charge is 2.10. The fourth-order valence-corrected chi connectivity index (χ4v) is 2.20. The number of aliphatic hydroxyl groups is 3. The van der Waals surface area contributed by atoms with Crippen molar-refractivity contribution in [1.29, 1.82) is 0 Å². The van der Waals surface area contributed by atoms with E-state index in [9.17, 15) is 20.1 Å². The van der Waals surface area contributed by atoms with E-state index in [0.29, 0.717) is 19.3 Å². The summed E-state index contributed by atoms with van der Waals surface area (Å²) in [7, 11) is 0. The molecule has 5 nitrogen and oxygen atoms in total. The van der Waals surface area contributed by atoms with Crippen molar-refractivity contribution in [1.82, 2.24) is 0 Å². The molecule has 0 aliphatic carbocycles. The lowest BCUT2D eigenvalue weighted by Crippen LogP contribution is -2.22. The van der Waals surface area contributed by atoms with Crippen LogP contribution in [0.15, 0.2) is 60.8 Å². The van der Waals surface area contributed by atoms with Crippen molar-refractivity contribution in [3.05, 3.63) is 60.8 Å². The lowest BCUT2D eigenvalue weighted by Gasteiger charge is -2.11. The molecule has 0 bridgehead atoms. The fraction of sp³-hybridized carbons (Fsp3) is 0.500. The van der Waals surface area contributed by atoms with Crippen LogP contribution < -0.4 is 0 Å². The third-order valence-corrected chi connectivity index (χ3v) is 3.76. The Morgan fingerprint density at radius 3 is 2.11 bits per heavy atom. The van der Waals surface area contributed by atoms with Gasteiger partial charge in [-0.1, -0.05) is 80.5 Å². The van der Waals surface area contributed by atoms with E-state index in [4.69, 9.17) is 5.11 Å². The second kappa shape index (κ2) is 17.5. The van der Waals surface area contributed by atoms with Crippen LogP contribution in [-0.4, -0.2) is 44.7 Å². The third kappa shape index (κ3) is 17.2. The van der Waals surface area contributed by atoms with Gasteiger partial charge < -0.3 is 20.4 Å². The average molecular weight is 379 g/mol. The Balaban J connectivity index is 3.94. The summed E-state index contributed by atoms with van der Waals surface area (Å²) in [6.07, 6.45) is 19.8. The van der Waals surface area contributed by atoms with E-state index >= 15 is 0 Å². The topological polar surface area (TPSA) is 98.0 Å². The van der Waals surface area contributed by atoms with Crippen molar-refractivity contribution in [2.45, 2.75) is 70.2 Å². The predicted octanol–water partition coefficient (Wildman–Crippen LogP) is 3.69. The van der Waals surface area contributed by atoms with E-state index in [-0.39, 0.29) is 6.42 Å². The molecule has 0 aromatic carbocycles. The van der Waals surface area contributed by atoms with E-state index in [0.717, 1.165) is 19.3 Å². The Kier molecular flexibility index (Phi) is 16.2. The van der Waals surface area contributed by atoms with Gasteiger partial charge in [-0.3, -0.25) is 4.79 Å². The number of hydrogen-bond acceptors (Lipinski definition) is 4. The van der Waals surface area contributed by atoms with Gasteiger partial charge in [0.1, 0.15) is 0 Å². The Morgan fingerprint density at radius 1 is 0.852 bits per heavy atom. The highest BCUT2D eigenvalue weighted by Crippen LogP contribution is 2.07. The molecule has 152 valence electrons. The lowest BCUT2D eigenvalue weighted by atomic mass is 10.1. The van der Waals surface area contributed by atoms with Crippen LogP contribution in [0.2, 0.25) is 0 Å². The van der Waals surface area contributed by atoms with E-state index < -0.39 is 24.3 Å². The van der Waals surface area contributed by atoms with Gasteiger partial charge in [-0.05, 0) is 25.7 Å². The molecule has 0 saturated carbocycles. The quantitative estimate of drug-likeness (QED) is 0.198. The molecule has 0 radical (unpaired) electrons. The summed E-state index contributed by atoms with van der Waals surface area (Å²) in [4.78, 5) is 10.4. The van der Waals surface area contributed by atoms with Gasteiger partial charge in [-0.25, -0.2) is 0 Å². The zero-order chi connectivity index (χ0) is 20.3. The van der Waals surface area contributed by atoms with Crippen molar-refractivity contribution < 1.29 is 25.2 Å². The molecule has 0 aliphatic rings. The minimum absolute atomic E-state index is 0.182. The van der Waals surface area contributed by atoms with Crippen LogP contribution in [0.25, 0.3) is 0 Å². The van der Waals surface area contributed by atoms with Gasteiger partial charge >= 0.3 is 5.97 Å². The maximum atomic E-state index is 10.4. The van der Waals surface area contributed by atoms with E-state index in [1.165, 1.54) is 0 Å². The number of carboxylic acid groups (broad SMARTS) is 1. The number of rotatable bonds is 15. The van der Waals surface area contributed by atoms with Gasteiger partial charge in [-0.2, -0.15) is 0 Å². The molecule has 3 unspecified atom stereocenters. The summed E-state index contributed by atoms with van der Waals surface area (Å²) in [6.45, 7) is 2.01. The van der Waals surface area contributed by atoms with Gasteiger partial charge in [0, 0.05) is 6.42 Å². The van der Waals surface area contributed by atoms with Crippen LogP contribution in [0.4, 0.5) is 0 Å². The molecule has 3 atom stereocenters. The first kappa shape index (κ1) is 25.1. The van der Waals surface area contributed by atoms with Crippen LogP contribution >= 0.6 is 0 Å². The molecule has 0 aromatic rings. The maximum Gasteiger partial charge on any atom is 0.303 e. The monoisotopic (exact) mass is 378 g/mol. The van der Waals surface area contributed by atoms with Gasteiger partial charge in [-0.15, -0.1) is 0 Å². The molecule has 0 aromatic heterocycles. The second-order valence-corrected chi connectivity index (χ2v) is 6.27. The molecule has 0 amide bonds. The van der Waals surface area contributed by atoms with Crippen LogP contribution in [0, 0.1) is 0 Å². The van der Waals surface area contributed by atoms with Gasteiger partial charge in [0.2, 0.25) is 0 Å². The molecule has 0 rings (SSSR count). The van der Waals surface area contributed by atoms with Crippen LogP contribution in [-0.2, 0) is 4.79 Å². The van der Waals surface area contributed by atoms with Crippen LogP contribution in [0.5, 0.6) is 0 Å². The zero-order valence-corrected chi connectivity index (χ0v) is 16.2. The van der Waals surface area contributed by atoms with Crippen molar-refractivity contribution in [2.24, 2.45) is 0 Å². The number of aliphatic hydroxyl groups excluding tert-OH is 3. The average Bonchev–Trinajstić information content (AvgIpc) is 2.63. The number of hydrogen-bond donors (Lipinski definition) is 4. The summed E-state index contributed by atoms with van der Waals surface area (Å²) in [5.74, 6) is -0.779. The predicted molar refractivity (Wildman–Crippen MR) is 109 cm³/mol. The first-order valence-electron chi connectivity index (χ1n) is 9.56. The Morgan fingerprint density at radius 2 is 1.48 bits per heavy atom. The summed E-state index contributed by atoms with van der Waals surface area (Å²) >= 11 is 0. The Labute approximate surface area is 162 Å². The normalized spacial score (nSPS) is 16.3. The van der Waals surface area contributed by atoms with Crippen molar-refractivity contribution in [3.8, 4) is 0 Å². The first-order chi connectivity index (χ1) is 13.0. The number of allylic oxidation sites excluding steroid dienone is 7.